The summed E-state index contributed by atoms with van der Waals surface area (Å²) in [5.74, 6) is 1.08. The van der Waals surface area contributed by atoms with Gasteiger partial charge in [-0.25, -0.2) is 4.57 Å². The first-order chi connectivity index (χ1) is 14.5. The average molecular weight is 439 g/mol. The predicted molar refractivity (Wildman–Crippen MR) is 121 cm³/mol. The van der Waals surface area contributed by atoms with Gasteiger partial charge >= 0.3 is 7.75 Å². The van der Waals surface area contributed by atoms with Gasteiger partial charge in [0.25, 0.3) is 0 Å². The number of likely N-dealkylation sites (N-methyl/N-ethyl adjacent to an activating group) is 1. The lowest BCUT2D eigenvalue weighted by Crippen LogP contribution is -2.26. The molecule has 30 heavy (non-hydrogen) atoms. The Bertz CT molecular complexity index is 1150. The van der Waals surface area contributed by atoms with Crippen LogP contribution in [0.2, 0.25) is 0 Å². The molecule has 1 aromatic heterocycles. The van der Waals surface area contributed by atoms with Gasteiger partial charge in [0.1, 0.15) is 17.6 Å². The summed E-state index contributed by atoms with van der Waals surface area (Å²) < 4.78 is 25.9. The maximum absolute atomic E-state index is 12.9. The van der Waals surface area contributed by atoms with E-state index in [2.05, 4.69) is 0 Å². The molecule has 7 heteroatoms. The Morgan fingerprint density at radius 3 is 2.47 bits per heavy atom. The second-order valence-electron chi connectivity index (χ2n) is 6.83. The second kappa shape index (κ2) is 9.02. The van der Waals surface area contributed by atoms with E-state index in [4.69, 9.17) is 9.26 Å². The van der Waals surface area contributed by atoms with E-state index < -0.39 is 13.9 Å². The highest BCUT2D eigenvalue weighted by Gasteiger charge is 2.31. The van der Waals surface area contributed by atoms with Crippen molar-refractivity contribution < 1.29 is 18.7 Å². The Kier molecular flexibility index (Phi) is 6.21. The Hall–Kier alpha value is -2.63. The Morgan fingerprint density at radius 2 is 1.70 bits per heavy atom. The Balaban J connectivity index is 1.58. The van der Waals surface area contributed by atoms with Crippen LogP contribution in [0.15, 0.2) is 90.3 Å². The van der Waals surface area contributed by atoms with Crippen molar-refractivity contribution in [3.05, 3.63) is 95.2 Å². The second-order valence-corrected chi connectivity index (χ2v) is 9.66. The smallest absolute Gasteiger partial charge is 0.458 e. The predicted octanol–water partition coefficient (Wildman–Crippen LogP) is 6.13. The van der Waals surface area contributed by atoms with Gasteiger partial charge in [0.05, 0.1) is 6.54 Å². The highest BCUT2D eigenvalue weighted by Crippen LogP contribution is 2.46. The molecule has 0 aliphatic heterocycles. The highest BCUT2D eigenvalue weighted by molar-refractivity contribution is 7.50. The number of para-hydroxylation sites is 1. The van der Waals surface area contributed by atoms with Gasteiger partial charge < -0.3 is 14.2 Å². The van der Waals surface area contributed by atoms with Crippen LogP contribution in [0.3, 0.4) is 0 Å². The van der Waals surface area contributed by atoms with E-state index in [1.165, 1.54) is 4.67 Å². The SMILES string of the molecule is CN(CC(Oc1cccc2ccccc12)c1cccs1)P(=O)(O)Oc1ccccc1. The lowest BCUT2D eigenvalue weighted by atomic mass is 10.1. The van der Waals surface area contributed by atoms with Crippen LogP contribution < -0.4 is 9.26 Å². The number of ether oxygens (including phenoxy) is 1. The minimum absolute atomic E-state index is 0.185. The standard InChI is InChI=1S/C23H22NO4PS/c1-24(29(25,26)28-19-11-3-2-4-12-19)17-22(23-15-8-16-30-23)27-21-14-7-10-18-9-5-6-13-20(18)21/h2-16,22H,17H2,1H3,(H,25,26). The first-order valence-electron chi connectivity index (χ1n) is 9.50. The summed E-state index contributed by atoms with van der Waals surface area (Å²) >= 11 is 1.55. The molecule has 0 aliphatic carbocycles. The van der Waals surface area contributed by atoms with Crippen molar-refractivity contribution in [1.82, 2.24) is 4.67 Å². The largest absolute Gasteiger partial charge is 0.483 e. The zero-order valence-corrected chi connectivity index (χ0v) is 18.1. The maximum atomic E-state index is 12.9. The van der Waals surface area contributed by atoms with E-state index in [1.54, 1.807) is 42.6 Å². The van der Waals surface area contributed by atoms with Gasteiger partial charge in [0.15, 0.2) is 0 Å². The van der Waals surface area contributed by atoms with Crippen LogP contribution in [0.4, 0.5) is 0 Å². The van der Waals surface area contributed by atoms with Crippen LogP contribution in [0, 0.1) is 0 Å². The molecule has 1 N–H and O–H groups in total. The molecule has 2 unspecified atom stereocenters. The summed E-state index contributed by atoms with van der Waals surface area (Å²) in [5, 5.41) is 4.04. The summed E-state index contributed by atoms with van der Waals surface area (Å²) in [6.07, 6.45) is -0.430. The van der Waals surface area contributed by atoms with Gasteiger partial charge in [-0.05, 0) is 42.1 Å². The zero-order chi connectivity index (χ0) is 21.0. The van der Waals surface area contributed by atoms with Crippen LogP contribution in [-0.4, -0.2) is 23.2 Å². The maximum Gasteiger partial charge on any atom is 0.458 e. The summed E-state index contributed by atoms with van der Waals surface area (Å²) in [6, 6.07) is 26.4. The lowest BCUT2D eigenvalue weighted by molar-refractivity contribution is 0.171. The number of fused-ring (bicyclic) bond motifs is 1. The van der Waals surface area contributed by atoms with Crippen molar-refractivity contribution in [3.8, 4) is 11.5 Å². The van der Waals surface area contributed by atoms with Gasteiger partial charge in [-0.2, -0.15) is 4.67 Å². The van der Waals surface area contributed by atoms with Gasteiger partial charge in [-0.1, -0.05) is 60.7 Å². The molecule has 0 aliphatic rings. The molecule has 3 aromatic carbocycles. The van der Waals surface area contributed by atoms with Crippen molar-refractivity contribution in [2.45, 2.75) is 6.10 Å². The number of hydrogen-bond acceptors (Lipinski definition) is 4. The average Bonchev–Trinajstić information content (AvgIpc) is 3.29. The molecule has 0 saturated heterocycles. The lowest BCUT2D eigenvalue weighted by Gasteiger charge is -2.27. The van der Waals surface area contributed by atoms with Gasteiger partial charge in [0, 0.05) is 10.3 Å². The Labute approximate surface area is 179 Å². The minimum atomic E-state index is -4.06. The molecule has 154 valence electrons. The van der Waals surface area contributed by atoms with Crippen molar-refractivity contribution in [2.24, 2.45) is 0 Å². The van der Waals surface area contributed by atoms with Gasteiger partial charge in [0.2, 0.25) is 0 Å². The molecule has 0 amide bonds. The fourth-order valence-corrected chi connectivity index (χ4v) is 4.78. The highest BCUT2D eigenvalue weighted by atomic mass is 32.1. The fraction of sp³-hybridized carbons (Fsp3) is 0.130. The van der Waals surface area contributed by atoms with Crippen molar-refractivity contribution in [3.63, 3.8) is 0 Å². The molecule has 0 saturated carbocycles. The molecular formula is C23H22NO4PS. The van der Waals surface area contributed by atoms with E-state index in [1.807, 2.05) is 66.0 Å². The third-order valence-electron chi connectivity index (χ3n) is 4.71. The van der Waals surface area contributed by atoms with Crippen LogP contribution in [0.1, 0.15) is 11.0 Å². The van der Waals surface area contributed by atoms with E-state index in [-0.39, 0.29) is 6.54 Å². The number of hydrogen-bond donors (Lipinski definition) is 1. The first kappa shape index (κ1) is 20.6. The van der Waals surface area contributed by atoms with Gasteiger partial charge in [-0.3, -0.25) is 0 Å². The zero-order valence-electron chi connectivity index (χ0n) is 16.4. The number of nitrogens with zero attached hydrogens (tertiary/aromatic N) is 1. The number of benzene rings is 3. The van der Waals surface area contributed by atoms with Crippen molar-refractivity contribution >= 4 is 29.9 Å². The summed E-state index contributed by atoms with van der Waals surface area (Å²) in [4.78, 5) is 11.5. The summed E-state index contributed by atoms with van der Waals surface area (Å²) in [7, 11) is -2.49. The molecule has 0 spiro atoms. The third kappa shape index (κ3) is 4.74. The third-order valence-corrected chi connectivity index (χ3v) is 7.15. The fourth-order valence-electron chi connectivity index (χ4n) is 3.14. The molecule has 1 heterocycles. The molecule has 2 atom stereocenters. The van der Waals surface area contributed by atoms with E-state index in [0.29, 0.717) is 5.75 Å². The molecule has 0 radical (unpaired) electrons. The molecule has 0 bridgehead atoms. The van der Waals surface area contributed by atoms with Crippen LogP contribution in [-0.2, 0) is 4.57 Å². The quantitative estimate of drug-likeness (QED) is 0.335. The molecule has 4 rings (SSSR count). The number of thiophene rings is 1. The molecular weight excluding hydrogens is 417 g/mol. The molecule has 5 nitrogen and oxygen atoms in total. The summed E-state index contributed by atoms with van der Waals surface area (Å²) in [6.45, 7) is 0.185. The first-order valence-corrected chi connectivity index (χ1v) is 11.9. The van der Waals surface area contributed by atoms with E-state index in [9.17, 15) is 9.46 Å². The van der Waals surface area contributed by atoms with Crippen LogP contribution >= 0.6 is 19.1 Å². The van der Waals surface area contributed by atoms with Crippen molar-refractivity contribution in [1.29, 1.82) is 0 Å². The van der Waals surface area contributed by atoms with Crippen LogP contribution in [0.25, 0.3) is 10.8 Å². The molecule has 0 fully saturated rings. The van der Waals surface area contributed by atoms with Gasteiger partial charge in [-0.15, -0.1) is 11.3 Å². The van der Waals surface area contributed by atoms with Crippen molar-refractivity contribution in [2.75, 3.05) is 13.6 Å². The monoisotopic (exact) mass is 439 g/mol. The van der Waals surface area contributed by atoms with E-state index in [0.717, 1.165) is 21.4 Å². The minimum Gasteiger partial charge on any atom is -0.483 e. The number of rotatable bonds is 8. The summed E-state index contributed by atoms with van der Waals surface area (Å²) in [5.41, 5.74) is 0. The topological polar surface area (TPSA) is 59.0 Å². The normalized spacial score (nSPS) is 14.4. The van der Waals surface area contributed by atoms with E-state index >= 15 is 0 Å². The Morgan fingerprint density at radius 1 is 0.967 bits per heavy atom. The van der Waals surface area contributed by atoms with Crippen LogP contribution in [0.5, 0.6) is 11.5 Å². The molecule has 4 aromatic rings.